The lowest BCUT2D eigenvalue weighted by molar-refractivity contribution is 0.462. The van der Waals surface area contributed by atoms with Gasteiger partial charge in [-0.15, -0.1) is 0 Å². The first-order valence-electron chi connectivity index (χ1n) is 8.26. The second-order valence-corrected chi connectivity index (χ2v) is 6.61. The van der Waals surface area contributed by atoms with Crippen molar-refractivity contribution < 1.29 is 0 Å². The Morgan fingerprint density at radius 2 is 1.78 bits per heavy atom. The van der Waals surface area contributed by atoms with Crippen LogP contribution in [0.15, 0.2) is 24.3 Å². The van der Waals surface area contributed by atoms with Gasteiger partial charge >= 0.3 is 0 Å². The number of aryl methyl sites for hydroxylation is 1. The van der Waals surface area contributed by atoms with E-state index in [-0.39, 0.29) is 0 Å². The van der Waals surface area contributed by atoms with Crippen LogP contribution < -0.4 is 10.6 Å². The third kappa shape index (κ3) is 4.14. The van der Waals surface area contributed by atoms with E-state index in [1.807, 2.05) is 38.1 Å². The number of hydrogen-bond donors (Lipinski definition) is 2. The van der Waals surface area contributed by atoms with Crippen LogP contribution in [0.4, 0.5) is 17.3 Å². The lowest BCUT2D eigenvalue weighted by atomic mass is 9.95. The molecule has 0 amide bonds. The number of hydrogen-bond acceptors (Lipinski definition) is 4. The normalized spacial score (nSPS) is 15.4. The zero-order valence-electron chi connectivity index (χ0n) is 13.7. The van der Waals surface area contributed by atoms with Crippen LogP contribution in [0.25, 0.3) is 0 Å². The Balaban J connectivity index is 1.78. The van der Waals surface area contributed by atoms with Gasteiger partial charge in [0.15, 0.2) is 0 Å². The molecule has 0 atom stereocenters. The molecule has 1 aromatic heterocycles. The van der Waals surface area contributed by atoms with Crippen LogP contribution in [0.2, 0.25) is 5.02 Å². The van der Waals surface area contributed by atoms with Crippen LogP contribution in [0.1, 0.15) is 43.5 Å². The molecular formula is C18H23ClN4. The minimum atomic E-state index is 0.527. The van der Waals surface area contributed by atoms with Gasteiger partial charge in [-0.1, -0.05) is 36.9 Å². The fourth-order valence-corrected chi connectivity index (χ4v) is 3.22. The van der Waals surface area contributed by atoms with E-state index in [1.54, 1.807) is 0 Å². The molecule has 23 heavy (non-hydrogen) atoms. The van der Waals surface area contributed by atoms with Crippen LogP contribution in [0.3, 0.4) is 0 Å². The van der Waals surface area contributed by atoms with Crippen molar-refractivity contribution in [3.63, 3.8) is 0 Å². The molecule has 122 valence electrons. The molecule has 4 nitrogen and oxygen atoms in total. The van der Waals surface area contributed by atoms with E-state index in [2.05, 4.69) is 20.6 Å². The van der Waals surface area contributed by atoms with Gasteiger partial charge < -0.3 is 10.6 Å². The molecule has 0 spiro atoms. The SMILES string of the molecule is Cc1nc(Nc2cccc(Cl)c2C)cc(NC2CCCCC2)n1. The number of nitrogens with zero attached hydrogens (tertiary/aromatic N) is 2. The molecule has 0 unspecified atom stereocenters. The van der Waals surface area contributed by atoms with Crippen molar-refractivity contribution in [1.82, 2.24) is 9.97 Å². The topological polar surface area (TPSA) is 49.8 Å². The predicted octanol–water partition coefficient (Wildman–Crippen LogP) is 5.24. The van der Waals surface area contributed by atoms with Crippen LogP contribution in [-0.2, 0) is 0 Å². The van der Waals surface area contributed by atoms with E-state index in [0.717, 1.165) is 33.7 Å². The van der Waals surface area contributed by atoms with Crippen molar-refractivity contribution in [3.05, 3.63) is 40.7 Å². The van der Waals surface area contributed by atoms with Crippen molar-refractivity contribution in [2.75, 3.05) is 10.6 Å². The molecule has 1 aliphatic carbocycles. The van der Waals surface area contributed by atoms with Crippen molar-refractivity contribution in [1.29, 1.82) is 0 Å². The highest BCUT2D eigenvalue weighted by Gasteiger charge is 2.14. The van der Waals surface area contributed by atoms with E-state index >= 15 is 0 Å². The van der Waals surface area contributed by atoms with Crippen LogP contribution >= 0.6 is 11.6 Å². The number of anilines is 3. The molecule has 5 heteroatoms. The first-order chi connectivity index (χ1) is 11.1. The highest BCUT2D eigenvalue weighted by atomic mass is 35.5. The molecule has 1 saturated carbocycles. The van der Waals surface area contributed by atoms with E-state index in [1.165, 1.54) is 32.1 Å². The molecule has 1 aliphatic rings. The third-order valence-electron chi connectivity index (χ3n) is 4.33. The summed E-state index contributed by atoms with van der Waals surface area (Å²) in [5.74, 6) is 2.45. The van der Waals surface area contributed by atoms with Crippen LogP contribution in [0.5, 0.6) is 0 Å². The number of aromatic nitrogens is 2. The van der Waals surface area contributed by atoms with E-state index < -0.39 is 0 Å². The minimum absolute atomic E-state index is 0.527. The smallest absolute Gasteiger partial charge is 0.136 e. The molecule has 0 bridgehead atoms. The summed E-state index contributed by atoms with van der Waals surface area (Å²) in [5, 5.41) is 7.66. The lowest BCUT2D eigenvalue weighted by Crippen LogP contribution is -2.23. The summed E-state index contributed by atoms with van der Waals surface area (Å²) < 4.78 is 0. The number of rotatable bonds is 4. The highest BCUT2D eigenvalue weighted by molar-refractivity contribution is 6.31. The summed E-state index contributed by atoms with van der Waals surface area (Å²) in [4.78, 5) is 9.01. The van der Waals surface area contributed by atoms with Gasteiger partial charge in [-0.3, -0.25) is 0 Å². The zero-order chi connectivity index (χ0) is 16.2. The molecule has 0 saturated heterocycles. The maximum Gasteiger partial charge on any atom is 0.136 e. The largest absolute Gasteiger partial charge is 0.367 e. The van der Waals surface area contributed by atoms with Gasteiger partial charge in [0.25, 0.3) is 0 Å². The Kier molecular flexibility index (Phi) is 5.01. The van der Waals surface area contributed by atoms with Gasteiger partial charge in [0, 0.05) is 22.8 Å². The third-order valence-corrected chi connectivity index (χ3v) is 4.74. The molecule has 0 radical (unpaired) electrons. The molecule has 1 aromatic carbocycles. The van der Waals surface area contributed by atoms with Crippen LogP contribution in [0, 0.1) is 13.8 Å². The maximum atomic E-state index is 6.19. The van der Waals surface area contributed by atoms with Crippen molar-refractivity contribution in [2.45, 2.75) is 52.0 Å². The fourth-order valence-electron chi connectivity index (χ4n) is 3.04. The standard InChI is InChI=1S/C18H23ClN4/c1-12-15(19)9-6-10-16(12)23-18-11-17(20-13(2)21-18)22-14-7-4-3-5-8-14/h6,9-11,14H,3-5,7-8H2,1-2H3,(H2,20,21,22,23). The summed E-state index contributed by atoms with van der Waals surface area (Å²) >= 11 is 6.19. The van der Waals surface area contributed by atoms with Gasteiger partial charge in [-0.05, 0) is 44.4 Å². The molecule has 0 aliphatic heterocycles. The Labute approximate surface area is 142 Å². The molecule has 1 fully saturated rings. The van der Waals surface area contributed by atoms with Crippen LogP contribution in [-0.4, -0.2) is 16.0 Å². The van der Waals surface area contributed by atoms with Crippen molar-refractivity contribution in [2.24, 2.45) is 0 Å². The van der Waals surface area contributed by atoms with Crippen molar-refractivity contribution in [3.8, 4) is 0 Å². The summed E-state index contributed by atoms with van der Waals surface area (Å²) in [6, 6.07) is 8.34. The maximum absolute atomic E-state index is 6.19. The number of nitrogens with one attached hydrogen (secondary N) is 2. The Hall–Kier alpha value is -1.81. The summed E-state index contributed by atoms with van der Waals surface area (Å²) in [7, 11) is 0. The molecule has 2 N–H and O–H groups in total. The second kappa shape index (κ2) is 7.18. The fraction of sp³-hybridized carbons (Fsp3) is 0.444. The Morgan fingerprint density at radius 1 is 1.04 bits per heavy atom. The Bertz CT molecular complexity index is 681. The number of benzene rings is 1. The van der Waals surface area contributed by atoms with Gasteiger partial charge in [-0.25, -0.2) is 9.97 Å². The zero-order valence-corrected chi connectivity index (χ0v) is 14.5. The molecular weight excluding hydrogens is 308 g/mol. The molecule has 2 aromatic rings. The molecule has 3 rings (SSSR count). The summed E-state index contributed by atoms with van der Waals surface area (Å²) in [5.41, 5.74) is 1.99. The quantitative estimate of drug-likeness (QED) is 0.805. The number of halogens is 1. The van der Waals surface area contributed by atoms with E-state index in [9.17, 15) is 0 Å². The predicted molar refractivity (Wildman–Crippen MR) is 96.7 cm³/mol. The minimum Gasteiger partial charge on any atom is -0.367 e. The summed E-state index contributed by atoms with van der Waals surface area (Å²) in [6.45, 7) is 3.92. The molecule has 1 heterocycles. The van der Waals surface area contributed by atoms with Gasteiger partial charge in [0.2, 0.25) is 0 Å². The second-order valence-electron chi connectivity index (χ2n) is 6.20. The average Bonchev–Trinajstić information content (AvgIpc) is 2.52. The van der Waals surface area contributed by atoms with Gasteiger partial charge in [0.1, 0.15) is 17.5 Å². The lowest BCUT2D eigenvalue weighted by Gasteiger charge is -2.23. The highest BCUT2D eigenvalue weighted by Crippen LogP contribution is 2.27. The van der Waals surface area contributed by atoms with E-state index in [4.69, 9.17) is 11.6 Å². The van der Waals surface area contributed by atoms with Crippen molar-refractivity contribution >= 4 is 28.9 Å². The monoisotopic (exact) mass is 330 g/mol. The summed E-state index contributed by atoms with van der Waals surface area (Å²) in [6.07, 6.45) is 6.39. The average molecular weight is 331 g/mol. The first-order valence-corrected chi connectivity index (χ1v) is 8.64. The first kappa shape index (κ1) is 16.1. The van der Waals surface area contributed by atoms with Gasteiger partial charge in [0.05, 0.1) is 0 Å². The van der Waals surface area contributed by atoms with Gasteiger partial charge in [-0.2, -0.15) is 0 Å². The Morgan fingerprint density at radius 3 is 2.57 bits per heavy atom. The van der Waals surface area contributed by atoms with E-state index in [0.29, 0.717) is 6.04 Å².